The number of aromatic hydroxyl groups is 1. The van der Waals surface area contributed by atoms with Crippen LogP contribution >= 0.6 is 23.2 Å². The van der Waals surface area contributed by atoms with Crippen LogP contribution in [0.2, 0.25) is 10.0 Å². The van der Waals surface area contributed by atoms with Gasteiger partial charge in [-0.3, -0.25) is 19.6 Å². The Balaban J connectivity index is 1.55. The third-order valence-electron chi connectivity index (χ3n) is 7.37. The number of carbonyl (C=O) groups is 2. The van der Waals surface area contributed by atoms with Gasteiger partial charge < -0.3 is 15.5 Å². The molecule has 10 nitrogen and oxygen atoms in total. The number of rotatable bonds is 5. The molecule has 45 heavy (non-hydrogen) atoms. The predicted molar refractivity (Wildman–Crippen MR) is 147 cm³/mol. The molecule has 2 aliphatic heterocycles. The number of amides is 2. The third kappa shape index (κ3) is 5.96. The number of benzene rings is 1. The second kappa shape index (κ2) is 11.3. The average Bonchev–Trinajstić information content (AvgIpc) is 3.34. The van der Waals surface area contributed by atoms with Gasteiger partial charge in [0.2, 0.25) is 5.82 Å². The lowest BCUT2D eigenvalue weighted by Crippen LogP contribution is -2.60. The van der Waals surface area contributed by atoms with E-state index in [0.717, 1.165) is 11.1 Å². The molecule has 238 valence electrons. The zero-order valence-corrected chi connectivity index (χ0v) is 24.3. The van der Waals surface area contributed by atoms with Crippen LogP contribution in [0.4, 0.5) is 32.0 Å². The molecule has 3 aromatic rings. The number of fused-ring (bicyclic) bond motifs is 1. The summed E-state index contributed by atoms with van der Waals surface area (Å²) in [6.07, 6.45) is -7.92. The van der Waals surface area contributed by atoms with Crippen LogP contribution in [0.1, 0.15) is 36.8 Å². The minimum atomic E-state index is -5.06. The number of nitrogens with zero attached hydrogens (tertiary/aromatic N) is 5. The summed E-state index contributed by atoms with van der Waals surface area (Å²) in [7, 11) is 0. The van der Waals surface area contributed by atoms with Gasteiger partial charge in [-0.1, -0.05) is 23.2 Å². The Kier molecular flexibility index (Phi) is 8.12. The van der Waals surface area contributed by atoms with Gasteiger partial charge in [-0.05, 0) is 44.0 Å². The minimum absolute atomic E-state index is 0.00942. The molecule has 1 aromatic carbocycles. The number of anilines is 1. The number of alkyl halides is 6. The number of hydrogen-bond donors (Lipinski definition) is 3. The summed E-state index contributed by atoms with van der Waals surface area (Å²) in [6.45, 7) is 1.57. The van der Waals surface area contributed by atoms with Gasteiger partial charge >= 0.3 is 12.4 Å². The molecular weight excluding hydrogens is 657 g/mol. The van der Waals surface area contributed by atoms with E-state index in [-0.39, 0.29) is 40.0 Å². The van der Waals surface area contributed by atoms with Crippen molar-refractivity contribution in [2.24, 2.45) is 0 Å². The zero-order chi connectivity index (χ0) is 33.1. The van der Waals surface area contributed by atoms with E-state index in [1.165, 1.54) is 17.1 Å². The zero-order valence-electron chi connectivity index (χ0n) is 22.8. The molecule has 18 heteroatoms. The predicted octanol–water partition coefficient (Wildman–Crippen LogP) is 6.15. The highest BCUT2D eigenvalue weighted by atomic mass is 35.5. The van der Waals surface area contributed by atoms with Crippen LogP contribution in [0, 0.1) is 0 Å². The second-order valence-corrected chi connectivity index (χ2v) is 11.1. The molecule has 2 aliphatic rings. The molecule has 1 atom stereocenters. The van der Waals surface area contributed by atoms with Crippen LogP contribution in [0.5, 0.6) is 5.75 Å². The van der Waals surface area contributed by atoms with E-state index >= 15 is 0 Å². The third-order valence-corrected chi connectivity index (χ3v) is 8.04. The number of aromatic nitrogens is 3. The summed E-state index contributed by atoms with van der Waals surface area (Å²) in [4.78, 5) is 37.3. The largest absolute Gasteiger partial charge is 0.509 e. The monoisotopic (exact) mass is 676 g/mol. The number of hydrazine groups is 1. The summed E-state index contributed by atoms with van der Waals surface area (Å²) in [6, 6.07) is 3.72. The number of nitrogens with one attached hydrogen (secondary N) is 1. The number of hydrogen-bond acceptors (Lipinski definition) is 8. The van der Waals surface area contributed by atoms with Crippen molar-refractivity contribution in [3.63, 3.8) is 0 Å². The summed E-state index contributed by atoms with van der Waals surface area (Å²) in [5.41, 5.74) is -4.65. The number of carbonyl (C=O) groups excluding carboxylic acids is 2. The number of aliphatic hydroxyl groups excluding tert-OH is 1. The topological polar surface area (TPSA) is 132 Å². The lowest BCUT2D eigenvalue weighted by atomic mass is 9.90. The molecule has 2 amide bonds. The molecule has 1 fully saturated rings. The van der Waals surface area contributed by atoms with Gasteiger partial charge in [-0.15, -0.1) is 0 Å². The summed E-state index contributed by atoms with van der Waals surface area (Å²) < 4.78 is 79.5. The molecule has 0 radical (unpaired) electrons. The highest BCUT2D eigenvalue weighted by Crippen LogP contribution is 2.43. The van der Waals surface area contributed by atoms with Gasteiger partial charge in [-0.25, -0.2) is 15.0 Å². The van der Waals surface area contributed by atoms with E-state index < -0.39 is 63.9 Å². The van der Waals surface area contributed by atoms with Gasteiger partial charge in [-0.2, -0.15) is 26.3 Å². The molecule has 0 saturated carbocycles. The number of halogens is 8. The van der Waals surface area contributed by atoms with Crippen LogP contribution in [-0.2, 0) is 28.5 Å². The van der Waals surface area contributed by atoms with Gasteiger partial charge in [0.25, 0.3) is 11.8 Å². The number of phenols is 1. The first-order chi connectivity index (χ1) is 20.9. The van der Waals surface area contributed by atoms with Crippen molar-refractivity contribution in [1.82, 2.24) is 25.0 Å². The van der Waals surface area contributed by atoms with Crippen LogP contribution in [-0.4, -0.2) is 59.1 Å². The standard InChI is InChI=1S/C27H20Cl2F6N6O4/c1-25-5-2-6-41(25)40(11-14-15(28)7-13(42)8-16(14)29)23(45)19(21(25)43)22(44)38-17-10-37-24(27(33,34)35)39-20(17)12-3-4-18(36-9-12)26(30,31)32/h3-4,7-10,42-43H,2,5-6,11H2,1H3,(H,38,44)/t25-/m1/s1. The normalized spacial score (nSPS) is 19.2. The van der Waals surface area contributed by atoms with Crippen molar-refractivity contribution in [2.75, 3.05) is 11.9 Å². The molecule has 4 heterocycles. The highest BCUT2D eigenvalue weighted by molar-refractivity contribution is 6.36. The van der Waals surface area contributed by atoms with Crippen LogP contribution in [0.3, 0.4) is 0 Å². The van der Waals surface area contributed by atoms with E-state index in [0.29, 0.717) is 31.3 Å². The molecule has 0 unspecified atom stereocenters. The molecule has 2 aromatic heterocycles. The summed E-state index contributed by atoms with van der Waals surface area (Å²) in [5, 5.41) is 25.9. The van der Waals surface area contributed by atoms with E-state index in [1.807, 2.05) is 0 Å². The van der Waals surface area contributed by atoms with Gasteiger partial charge in [0, 0.05) is 23.9 Å². The van der Waals surface area contributed by atoms with E-state index in [2.05, 4.69) is 20.3 Å². The van der Waals surface area contributed by atoms with Crippen LogP contribution < -0.4 is 5.32 Å². The Labute approximate surface area is 259 Å². The summed E-state index contributed by atoms with van der Waals surface area (Å²) >= 11 is 12.5. The molecule has 5 rings (SSSR count). The number of aliphatic hydroxyl groups is 1. The molecule has 0 aliphatic carbocycles. The first-order valence-corrected chi connectivity index (χ1v) is 13.7. The number of phenolic OH excluding ortho intramolecular Hbond substituents is 1. The van der Waals surface area contributed by atoms with E-state index in [9.17, 15) is 46.1 Å². The van der Waals surface area contributed by atoms with Gasteiger partial charge in [0.1, 0.15) is 22.8 Å². The highest BCUT2D eigenvalue weighted by Gasteiger charge is 2.53. The minimum Gasteiger partial charge on any atom is -0.509 e. The Morgan fingerprint density at radius 2 is 1.71 bits per heavy atom. The number of pyridine rings is 1. The summed E-state index contributed by atoms with van der Waals surface area (Å²) in [5.74, 6) is -4.79. The Morgan fingerprint density at radius 3 is 2.29 bits per heavy atom. The van der Waals surface area contributed by atoms with Crippen LogP contribution in [0.25, 0.3) is 11.3 Å². The fourth-order valence-corrected chi connectivity index (χ4v) is 5.75. The molecule has 0 spiro atoms. The molecular formula is C27H20Cl2F6N6O4. The fourth-order valence-electron chi connectivity index (χ4n) is 5.15. The van der Waals surface area contributed by atoms with Crippen molar-refractivity contribution in [3.05, 3.63) is 75.1 Å². The molecule has 3 N–H and O–H groups in total. The molecule has 1 saturated heterocycles. The van der Waals surface area contributed by atoms with Crippen molar-refractivity contribution >= 4 is 40.7 Å². The van der Waals surface area contributed by atoms with Crippen molar-refractivity contribution in [2.45, 2.75) is 44.2 Å². The maximum atomic E-state index is 13.8. The first kappa shape index (κ1) is 32.2. The van der Waals surface area contributed by atoms with E-state index in [4.69, 9.17) is 23.2 Å². The second-order valence-electron chi connectivity index (χ2n) is 10.3. The SMILES string of the molecule is C[C@]12CCCN1N(Cc1c(Cl)cc(O)cc1Cl)C(=O)C(C(=O)Nc1cnc(C(F)(F)F)nc1-c1ccc(C(F)(F)F)nc1)=C2O. The Hall–Kier alpha value is -4.15. The Bertz CT molecular complexity index is 1710. The lowest BCUT2D eigenvalue weighted by molar-refractivity contribution is -0.160. The van der Waals surface area contributed by atoms with E-state index in [1.54, 1.807) is 6.92 Å². The fraction of sp³-hybridized carbons (Fsp3) is 0.296. The van der Waals surface area contributed by atoms with Crippen molar-refractivity contribution < 1.29 is 46.1 Å². The quantitative estimate of drug-likeness (QED) is 0.217. The maximum absolute atomic E-state index is 13.8. The molecule has 0 bridgehead atoms. The van der Waals surface area contributed by atoms with Crippen molar-refractivity contribution in [1.29, 1.82) is 0 Å². The van der Waals surface area contributed by atoms with Crippen molar-refractivity contribution in [3.8, 4) is 17.0 Å². The average molecular weight is 677 g/mol. The lowest BCUT2D eigenvalue weighted by Gasteiger charge is -2.46. The Morgan fingerprint density at radius 1 is 1.04 bits per heavy atom. The van der Waals surface area contributed by atoms with Gasteiger partial charge in [0.05, 0.1) is 39.7 Å². The van der Waals surface area contributed by atoms with Gasteiger partial charge in [0.15, 0.2) is 0 Å². The first-order valence-electron chi connectivity index (χ1n) is 12.9. The maximum Gasteiger partial charge on any atom is 0.451 e. The smallest absolute Gasteiger partial charge is 0.451 e. The van der Waals surface area contributed by atoms with Crippen LogP contribution in [0.15, 0.2) is 48.0 Å².